The number of nitrogens with one attached hydrogen (secondary N) is 2. The molecule has 0 unspecified atom stereocenters. The van der Waals surface area contributed by atoms with Crippen LogP contribution in [0.2, 0.25) is 0 Å². The van der Waals surface area contributed by atoms with E-state index in [2.05, 4.69) is 35.8 Å². The number of aliphatic hydroxyl groups is 1. The van der Waals surface area contributed by atoms with Crippen molar-refractivity contribution in [3.63, 3.8) is 0 Å². The molecule has 2 saturated carbocycles. The molecule has 0 radical (unpaired) electrons. The Labute approximate surface area is 245 Å². The third-order valence-corrected chi connectivity index (χ3v) is 9.72. The highest BCUT2D eigenvalue weighted by Gasteiger charge is 2.38. The molecule has 2 atom stereocenters. The van der Waals surface area contributed by atoms with E-state index < -0.39 is 27.1 Å². The van der Waals surface area contributed by atoms with Crippen molar-refractivity contribution in [1.29, 1.82) is 0 Å². The first kappa shape index (κ1) is 29.0. The van der Waals surface area contributed by atoms with Gasteiger partial charge in [-0.3, -0.25) is 4.68 Å². The lowest BCUT2D eigenvalue weighted by Gasteiger charge is -2.30. The summed E-state index contributed by atoms with van der Waals surface area (Å²) in [6, 6.07) is 4.29. The van der Waals surface area contributed by atoms with Gasteiger partial charge in [0.05, 0.1) is 28.9 Å². The summed E-state index contributed by atoms with van der Waals surface area (Å²) >= 11 is 0. The van der Waals surface area contributed by atoms with Gasteiger partial charge in [0, 0.05) is 49.4 Å². The first-order valence-corrected chi connectivity index (χ1v) is 15.4. The second-order valence-corrected chi connectivity index (χ2v) is 13.0. The van der Waals surface area contributed by atoms with Crippen LogP contribution in [-0.4, -0.2) is 65.3 Å². The third kappa shape index (κ3) is 6.20. The largest absolute Gasteiger partial charge is 0.433 e. The number of aromatic nitrogens is 7. The molecule has 4 aromatic heterocycles. The lowest BCUT2D eigenvalue weighted by Crippen LogP contribution is -2.29. The van der Waals surface area contributed by atoms with Gasteiger partial charge >= 0.3 is 6.18 Å². The Morgan fingerprint density at radius 2 is 1.91 bits per heavy atom. The van der Waals surface area contributed by atoms with Crippen molar-refractivity contribution in [3.8, 4) is 22.6 Å². The van der Waals surface area contributed by atoms with Gasteiger partial charge in [0.2, 0.25) is 0 Å². The number of aryl methyl sites for hydroxylation is 1. The van der Waals surface area contributed by atoms with E-state index in [-0.39, 0.29) is 30.1 Å². The molecule has 0 amide bonds. The van der Waals surface area contributed by atoms with Gasteiger partial charge in [-0.15, -0.1) is 0 Å². The Morgan fingerprint density at radius 3 is 2.63 bits per heavy atom. The van der Waals surface area contributed by atoms with Gasteiger partial charge in [-0.1, -0.05) is 6.42 Å². The summed E-state index contributed by atoms with van der Waals surface area (Å²) in [5.41, 5.74) is 0.595. The number of alkyl halides is 3. The minimum Gasteiger partial charge on any atom is -0.396 e. The maximum atomic E-state index is 13.5. The van der Waals surface area contributed by atoms with Crippen LogP contribution in [0, 0.1) is 5.92 Å². The van der Waals surface area contributed by atoms with Gasteiger partial charge < -0.3 is 15.7 Å². The van der Waals surface area contributed by atoms with Crippen LogP contribution in [0.4, 0.5) is 30.5 Å². The van der Waals surface area contributed by atoms with E-state index >= 15 is 0 Å². The number of pyridine rings is 1. The van der Waals surface area contributed by atoms with Crippen molar-refractivity contribution in [2.24, 2.45) is 13.0 Å². The summed E-state index contributed by atoms with van der Waals surface area (Å²) in [6.07, 6.45) is 5.79. The van der Waals surface area contributed by atoms with Crippen LogP contribution in [0.3, 0.4) is 0 Å². The highest BCUT2D eigenvalue weighted by atomic mass is 32.2. The van der Waals surface area contributed by atoms with Crippen molar-refractivity contribution in [2.75, 3.05) is 17.2 Å². The number of nitrogens with zero attached hydrogens (tertiary/aromatic N) is 7. The van der Waals surface area contributed by atoms with Crippen LogP contribution in [0.15, 0.2) is 43.0 Å². The van der Waals surface area contributed by atoms with E-state index in [1.807, 2.05) is 0 Å². The fourth-order valence-electron chi connectivity index (χ4n) is 5.30. The Hall–Kier alpha value is -4.05. The zero-order valence-electron chi connectivity index (χ0n) is 23.2. The molecule has 0 spiro atoms. The third-order valence-electron chi connectivity index (χ3n) is 7.69. The molecule has 2 aliphatic carbocycles. The van der Waals surface area contributed by atoms with Crippen molar-refractivity contribution in [2.45, 2.75) is 56.0 Å². The highest BCUT2D eigenvalue weighted by molar-refractivity contribution is 7.90. The summed E-state index contributed by atoms with van der Waals surface area (Å²) < 4.78 is 67.3. The smallest absolute Gasteiger partial charge is 0.396 e. The number of anilines is 3. The normalized spacial score (nSPS) is 19.4. The van der Waals surface area contributed by atoms with Crippen LogP contribution < -0.4 is 10.6 Å². The maximum Gasteiger partial charge on any atom is 0.433 e. The Bertz CT molecular complexity index is 1730. The summed E-state index contributed by atoms with van der Waals surface area (Å²) in [7, 11) is -2.29. The summed E-state index contributed by atoms with van der Waals surface area (Å²) in [5.74, 6) is 1.13. The van der Waals surface area contributed by atoms with E-state index in [1.54, 1.807) is 12.1 Å². The lowest BCUT2D eigenvalue weighted by molar-refractivity contribution is -0.143. The number of hydrogen-bond acceptors (Lipinski definition) is 10. The van der Waals surface area contributed by atoms with Crippen molar-refractivity contribution in [1.82, 2.24) is 33.9 Å². The van der Waals surface area contributed by atoms with Crippen LogP contribution in [0.1, 0.15) is 44.2 Å². The molecular weight excluding hydrogens is 587 g/mol. The van der Waals surface area contributed by atoms with Gasteiger partial charge in [0.25, 0.3) is 10.0 Å². The van der Waals surface area contributed by atoms with Crippen LogP contribution >= 0.6 is 0 Å². The van der Waals surface area contributed by atoms with Gasteiger partial charge in [0.15, 0.2) is 5.82 Å². The molecule has 3 N–H and O–H groups in total. The molecule has 0 bridgehead atoms. The van der Waals surface area contributed by atoms with Crippen molar-refractivity contribution >= 4 is 27.3 Å². The second-order valence-electron chi connectivity index (χ2n) is 10.9. The molecule has 16 heteroatoms. The first-order chi connectivity index (χ1) is 20.5. The van der Waals surface area contributed by atoms with E-state index in [1.165, 1.54) is 31.8 Å². The summed E-state index contributed by atoms with van der Waals surface area (Å²) in [6.45, 7) is 0.0742. The quantitative estimate of drug-likeness (QED) is 0.249. The van der Waals surface area contributed by atoms with Gasteiger partial charge in [-0.25, -0.2) is 23.4 Å². The van der Waals surface area contributed by atoms with Crippen molar-refractivity contribution < 1.29 is 26.7 Å². The highest BCUT2D eigenvalue weighted by Crippen LogP contribution is 2.37. The average molecular weight is 618 g/mol. The molecule has 12 nitrogen and oxygen atoms in total. The maximum absolute atomic E-state index is 13.5. The van der Waals surface area contributed by atoms with Gasteiger partial charge in [0.1, 0.15) is 17.3 Å². The zero-order valence-corrected chi connectivity index (χ0v) is 24.0. The topological polar surface area (TPSA) is 153 Å². The molecule has 2 aliphatic rings. The predicted octanol–water partition coefficient (Wildman–Crippen LogP) is 4.20. The molecular formula is C27H30F3N9O3S. The Balaban J connectivity index is 1.29. The monoisotopic (exact) mass is 617 g/mol. The second kappa shape index (κ2) is 11.2. The molecule has 6 rings (SSSR count). The Morgan fingerprint density at radius 1 is 1.09 bits per heavy atom. The minimum absolute atomic E-state index is 0.000179. The van der Waals surface area contributed by atoms with E-state index in [9.17, 15) is 26.7 Å². The molecule has 228 valence electrons. The first-order valence-electron chi connectivity index (χ1n) is 13.9. The fourth-order valence-corrected chi connectivity index (χ4v) is 6.77. The minimum atomic E-state index is -4.57. The number of rotatable bonds is 9. The summed E-state index contributed by atoms with van der Waals surface area (Å²) in [5, 5.41) is 23.9. The fraction of sp³-hybridized carbons (Fsp3) is 0.444. The van der Waals surface area contributed by atoms with Gasteiger partial charge in [-0.2, -0.15) is 27.5 Å². The standard InChI is InChI=1S/C27H30F3N9O3S/c1-38-23(27(28,29)30)10-22(37-38)20-13-32-25(11-21(20)34-18-4-2-3-16(9-18)15-40)35-24-7-8-31-26(36-24)17-12-33-39(14-17)43(41,42)19-5-6-19/h7-8,10-14,16,18-19,40H,2-6,9,15H2,1H3,(H2,31,32,34,35,36)/t16-,18-/m0/s1. The van der Waals surface area contributed by atoms with Crippen LogP contribution in [0.25, 0.3) is 22.6 Å². The number of aliphatic hydroxyl groups excluding tert-OH is 1. The van der Waals surface area contributed by atoms with Gasteiger partial charge in [-0.05, 0) is 50.2 Å². The van der Waals surface area contributed by atoms with Crippen LogP contribution in [-0.2, 0) is 23.2 Å². The molecule has 2 fully saturated rings. The molecule has 0 aliphatic heterocycles. The molecule has 43 heavy (non-hydrogen) atoms. The van der Waals surface area contributed by atoms with E-state index in [0.717, 1.165) is 40.5 Å². The Kier molecular flexibility index (Phi) is 7.58. The van der Waals surface area contributed by atoms with Crippen LogP contribution in [0.5, 0.6) is 0 Å². The molecule has 4 aromatic rings. The predicted molar refractivity (Wildman–Crippen MR) is 152 cm³/mol. The average Bonchev–Trinajstić information content (AvgIpc) is 3.58. The number of hydrogen-bond donors (Lipinski definition) is 3. The number of halogens is 3. The lowest BCUT2D eigenvalue weighted by atomic mass is 9.86. The van der Waals surface area contributed by atoms with E-state index in [0.29, 0.717) is 41.3 Å². The SMILES string of the molecule is Cn1nc(-c2cnc(Nc3ccnc(-c4cnn(S(=O)(=O)C5CC5)c4)n3)cc2N[C@H]2CCC[C@H](CO)C2)cc1C(F)(F)F. The molecule has 4 heterocycles. The zero-order chi connectivity index (χ0) is 30.4. The van der Waals surface area contributed by atoms with Crippen molar-refractivity contribution in [3.05, 3.63) is 48.7 Å². The summed E-state index contributed by atoms with van der Waals surface area (Å²) in [4.78, 5) is 13.2. The van der Waals surface area contributed by atoms with E-state index in [4.69, 9.17) is 0 Å². The molecule has 0 saturated heterocycles. The molecule has 0 aromatic carbocycles.